The molecule has 6 nitrogen and oxygen atoms in total. The molecule has 108 valence electrons. The lowest BCUT2D eigenvalue weighted by atomic mass is 10.2. The van der Waals surface area contributed by atoms with Crippen LogP contribution < -0.4 is 0 Å². The number of carbonyl (C=O) groups excluding carboxylic acids is 1. The van der Waals surface area contributed by atoms with Gasteiger partial charge in [0.25, 0.3) is 0 Å². The molecule has 1 heterocycles. The summed E-state index contributed by atoms with van der Waals surface area (Å²) in [6.07, 6.45) is 3.86. The van der Waals surface area contributed by atoms with Crippen molar-refractivity contribution in [3.05, 3.63) is 53.9 Å². The average molecular weight is 286 g/mol. The first-order chi connectivity index (χ1) is 10.1. The number of nitrogens with zero attached hydrogens (tertiary/aromatic N) is 2. The van der Waals surface area contributed by atoms with Crippen LogP contribution >= 0.6 is 0 Å². The van der Waals surface area contributed by atoms with Gasteiger partial charge in [0, 0.05) is 17.8 Å². The number of aromatic nitrogens is 2. The lowest BCUT2D eigenvalue weighted by molar-refractivity contribution is -0.131. The van der Waals surface area contributed by atoms with Gasteiger partial charge in [-0.25, -0.2) is 14.3 Å². The van der Waals surface area contributed by atoms with Gasteiger partial charge in [-0.15, -0.1) is 0 Å². The molecule has 0 unspecified atom stereocenters. The maximum absolute atomic E-state index is 11.9. The fraction of sp³-hybridized carbons (Fsp3) is 0.133. The van der Waals surface area contributed by atoms with Crippen LogP contribution in [0.5, 0.6) is 0 Å². The molecule has 0 amide bonds. The highest BCUT2D eigenvalue weighted by atomic mass is 16.5. The lowest BCUT2D eigenvalue weighted by Gasteiger charge is -2.00. The third-order valence-corrected chi connectivity index (χ3v) is 2.64. The molecule has 0 spiro atoms. The van der Waals surface area contributed by atoms with Gasteiger partial charge in [0.05, 0.1) is 12.3 Å². The van der Waals surface area contributed by atoms with Crippen molar-refractivity contribution in [2.75, 3.05) is 6.61 Å². The molecule has 0 aliphatic carbocycles. The molecule has 0 atom stereocenters. The van der Waals surface area contributed by atoms with E-state index in [9.17, 15) is 9.59 Å². The van der Waals surface area contributed by atoms with Gasteiger partial charge >= 0.3 is 11.9 Å². The monoisotopic (exact) mass is 286 g/mol. The molecule has 0 radical (unpaired) electrons. The highest BCUT2D eigenvalue weighted by molar-refractivity contribution is 5.93. The van der Waals surface area contributed by atoms with E-state index in [1.165, 1.54) is 10.8 Å². The maximum Gasteiger partial charge on any atom is 0.359 e. The number of hydrogen-bond donors (Lipinski definition) is 1. The number of benzene rings is 1. The van der Waals surface area contributed by atoms with Gasteiger partial charge in [-0.2, -0.15) is 5.10 Å². The smallest absolute Gasteiger partial charge is 0.359 e. The van der Waals surface area contributed by atoms with Crippen LogP contribution in [0.3, 0.4) is 0 Å². The van der Waals surface area contributed by atoms with Crippen LogP contribution in [0.25, 0.3) is 11.8 Å². The van der Waals surface area contributed by atoms with Crippen LogP contribution in [-0.4, -0.2) is 33.4 Å². The molecular weight excluding hydrogens is 272 g/mol. The zero-order chi connectivity index (χ0) is 15.2. The van der Waals surface area contributed by atoms with Crippen LogP contribution in [0.4, 0.5) is 0 Å². The standard InChI is InChI=1S/C15H14N2O4/c1-2-21-15(20)14-11(8-9-13(18)19)10-17(16-14)12-6-4-3-5-7-12/h3-10H,2H2,1H3,(H,18,19). The molecule has 0 saturated heterocycles. The largest absolute Gasteiger partial charge is 0.478 e. The fourth-order valence-electron chi connectivity index (χ4n) is 1.74. The summed E-state index contributed by atoms with van der Waals surface area (Å²) in [5.74, 6) is -1.69. The van der Waals surface area contributed by atoms with E-state index in [1.807, 2.05) is 30.3 Å². The molecule has 2 aromatic rings. The van der Waals surface area contributed by atoms with Crippen LogP contribution in [0.1, 0.15) is 23.0 Å². The summed E-state index contributed by atoms with van der Waals surface area (Å²) in [5.41, 5.74) is 1.23. The first kappa shape index (κ1) is 14.5. The van der Waals surface area contributed by atoms with Gasteiger partial charge in [0.2, 0.25) is 0 Å². The van der Waals surface area contributed by atoms with Crippen molar-refractivity contribution in [3.8, 4) is 5.69 Å². The maximum atomic E-state index is 11.9. The number of rotatable bonds is 5. The van der Waals surface area contributed by atoms with Gasteiger partial charge in [-0.1, -0.05) is 18.2 Å². The minimum absolute atomic E-state index is 0.0817. The summed E-state index contributed by atoms with van der Waals surface area (Å²) >= 11 is 0. The third-order valence-electron chi connectivity index (χ3n) is 2.64. The zero-order valence-electron chi connectivity index (χ0n) is 11.4. The second-order valence-corrected chi connectivity index (χ2v) is 4.11. The zero-order valence-corrected chi connectivity index (χ0v) is 11.4. The molecule has 21 heavy (non-hydrogen) atoms. The normalized spacial score (nSPS) is 10.7. The molecular formula is C15H14N2O4. The van der Waals surface area contributed by atoms with Gasteiger partial charge in [-0.05, 0) is 25.1 Å². The number of para-hydroxylation sites is 1. The van der Waals surface area contributed by atoms with Crippen LogP contribution in [0.15, 0.2) is 42.6 Å². The molecule has 0 aliphatic rings. The Bertz CT molecular complexity index is 674. The highest BCUT2D eigenvalue weighted by Crippen LogP contribution is 2.15. The Balaban J connectivity index is 2.44. The number of esters is 1. The van der Waals surface area contributed by atoms with Crippen molar-refractivity contribution < 1.29 is 19.4 Å². The van der Waals surface area contributed by atoms with E-state index >= 15 is 0 Å². The Morgan fingerprint density at radius 1 is 1.33 bits per heavy atom. The topological polar surface area (TPSA) is 81.4 Å². The molecule has 0 bridgehead atoms. The van der Waals surface area contributed by atoms with E-state index in [0.717, 1.165) is 11.8 Å². The fourth-order valence-corrected chi connectivity index (χ4v) is 1.74. The summed E-state index contributed by atoms with van der Waals surface area (Å²) < 4.78 is 6.44. The SMILES string of the molecule is CCOC(=O)c1nn(-c2ccccc2)cc1C=CC(=O)O. The summed E-state index contributed by atoms with van der Waals surface area (Å²) in [7, 11) is 0. The van der Waals surface area contributed by atoms with Crippen molar-refractivity contribution in [1.29, 1.82) is 0 Å². The summed E-state index contributed by atoms with van der Waals surface area (Å²) in [6, 6.07) is 9.20. The number of carboxylic acids is 1. The van der Waals surface area contributed by atoms with Gasteiger partial charge in [0.15, 0.2) is 5.69 Å². The quantitative estimate of drug-likeness (QED) is 0.672. The number of ether oxygens (including phenoxy) is 1. The molecule has 0 saturated carbocycles. The van der Waals surface area contributed by atoms with Gasteiger partial charge < -0.3 is 9.84 Å². The van der Waals surface area contributed by atoms with E-state index in [1.54, 1.807) is 13.1 Å². The van der Waals surface area contributed by atoms with Crippen LogP contribution in [-0.2, 0) is 9.53 Å². The van der Waals surface area contributed by atoms with Crippen molar-refractivity contribution in [2.45, 2.75) is 6.92 Å². The number of carbonyl (C=O) groups is 2. The van der Waals surface area contributed by atoms with Gasteiger partial charge in [-0.3, -0.25) is 0 Å². The molecule has 1 aromatic heterocycles. The van der Waals surface area contributed by atoms with Crippen molar-refractivity contribution in [3.63, 3.8) is 0 Å². The van der Waals surface area contributed by atoms with Crippen molar-refractivity contribution in [2.24, 2.45) is 0 Å². The summed E-state index contributed by atoms with van der Waals surface area (Å²) in [5, 5.41) is 12.9. The van der Waals surface area contributed by atoms with E-state index in [0.29, 0.717) is 5.56 Å². The first-order valence-electron chi connectivity index (χ1n) is 6.35. The predicted molar refractivity (Wildman–Crippen MR) is 76.2 cm³/mol. The molecule has 1 N–H and O–H groups in total. The first-order valence-corrected chi connectivity index (χ1v) is 6.35. The number of aliphatic carboxylic acids is 1. The summed E-state index contributed by atoms with van der Waals surface area (Å²) in [6.45, 7) is 1.91. The van der Waals surface area contributed by atoms with E-state index in [-0.39, 0.29) is 12.3 Å². The molecule has 0 fully saturated rings. The Labute approximate surface area is 121 Å². The van der Waals surface area contributed by atoms with Crippen LogP contribution in [0.2, 0.25) is 0 Å². The molecule has 2 rings (SSSR count). The minimum atomic E-state index is -1.10. The number of carboxylic acid groups (broad SMARTS) is 1. The van der Waals surface area contributed by atoms with Gasteiger partial charge in [0.1, 0.15) is 0 Å². The van der Waals surface area contributed by atoms with Crippen molar-refractivity contribution in [1.82, 2.24) is 9.78 Å². The van der Waals surface area contributed by atoms with E-state index < -0.39 is 11.9 Å². The third kappa shape index (κ3) is 3.56. The number of hydrogen-bond acceptors (Lipinski definition) is 4. The average Bonchev–Trinajstić information content (AvgIpc) is 2.90. The highest BCUT2D eigenvalue weighted by Gasteiger charge is 2.17. The Hall–Kier alpha value is -2.89. The van der Waals surface area contributed by atoms with Crippen molar-refractivity contribution >= 4 is 18.0 Å². The second kappa shape index (κ2) is 6.51. The predicted octanol–water partition coefficient (Wildman–Crippen LogP) is 2.15. The molecule has 1 aromatic carbocycles. The molecule has 0 aliphatic heterocycles. The Morgan fingerprint density at radius 2 is 2.05 bits per heavy atom. The van der Waals surface area contributed by atoms with E-state index in [2.05, 4.69) is 5.10 Å². The Kier molecular flexibility index (Phi) is 4.50. The van der Waals surface area contributed by atoms with E-state index in [4.69, 9.17) is 9.84 Å². The molecule has 6 heteroatoms. The lowest BCUT2D eigenvalue weighted by Crippen LogP contribution is -2.07. The Morgan fingerprint density at radius 3 is 2.67 bits per heavy atom. The van der Waals surface area contributed by atoms with Crippen LogP contribution in [0, 0.1) is 0 Å². The summed E-state index contributed by atoms with van der Waals surface area (Å²) in [4.78, 5) is 22.5. The minimum Gasteiger partial charge on any atom is -0.478 e. The second-order valence-electron chi connectivity index (χ2n) is 4.11.